The summed E-state index contributed by atoms with van der Waals surface area (Å²) in [4.78, 5) is 28.6. The van der Waals surface area contributed by atoms with E-state index in [-0.39, 0.29) is 41.9 Å². The molecule has 1 amide bonds. The van der Waals surface area contributed by atoms with E-state index >= 15 is 0 Å². The van der Waals surface area contributed by atoms with E-state index in [1.54, 1.807) is 6.34 Å². The summed E-state index contributed by atoms with van der Waals surface area (Å²) < 4.78 is 5.44. The molecule has 3 heterocycles. The summed E-state index contributed by atoms with van der Waals surface area (Å²) in [6.45, 7) is 3.32. The highest BCUT2D eigenvalue weighted by Gasteiger charge is 2.48. The van der Waals surface area contributed by atoms with Gasteiger partial charge in [0.2, 0.25) is 11.9 Å². The van der Waals surface area contributed by atoms with Gasteiger partial charge in [-0.3, -0.25) is 9.79 Å². The summed E-state index contributed by atoms with van der Waals surface area (Å²) in [5, 5.41) is 9.92. The first-order chi connectivity index (χ1) is 16.2. The summed E-state index contributed by atoms with van der Waals surface area (Å²) in [5.41, 5.74) is 7.83. The molecule has 2 fully saturated rings. The van der Waals surface area contributed by atoms with Crippen LogP contribution in [0.2, 0.25) is 0 Å². The van der Waals surface area contributed by atoms with Crippen molar-refractivity contribution in [1.82, 2.24) is 10.6 Å². The van der Waals surface area contributed by atoms with Gasteiger partial charge in [-0.1, -0.05) is 12.2 Å². The Morgan fingerprint density at radius 2 is 1.97 bits per heavy atom. The van der Waals surface area contributed by atoms with Crippen LogP contribution in [0.1, 0.15) is 6.42 Å². The van der Waals surface area contributed by atoms with Crippen LogP contribution >= 0.6 is 0 Å². The number of carbonyl (C=O) groups excluding carboxylic acids is 1. The van der Waals surface area contributed by atoms with Crippen molar-refractivity contribution < 1.29 is 9.53 Å². The number of amidine groups is 1. The second-order valence-corrected chi connectivity index (χ2v) is 9.09. The van der Waals surface area contributed by atoms with E-state index in [1.165, 1.54) is 5.69 Å². The highest BCUT2D eigenvalue weighted by Crippen LogP contribution is 2.45. The van der Waals surface area contributed by atoms with Crippen LogP contribution in [0.25, 0.3) is 0 Å². The lowest BCUT2D eigenvalue weighted by Crippen LogP contribution is -2.55. The Hall–Kier alpha value is -3.40. The zero-order chi connectivity index (χ0) is 22.4. The lowest BCUT2D eigenvalue weighted by molar-refractivity contribution is -0.122. The number of hydrogen-bond acceptors (Lipinski definition) is 8. The number of rotatable bonds is 4. The number of benzene rings is 1. The van der Waals surface area contributed by atoms with Gasteiger partial charge in [0, 0.05) is 30.4 Å². The molecule has 6 atom stereocenters. The molecular weight excluding hydrogens is 420 g/mol. The quantitative estimate of drug-likeness (QED) is 0.490. The molecule has 6 rings (SSSR count). The van der Waals surface area contributed by atoms with Crippen molar-refractivity contribution in [2.45, 2.75) is 24.7 Å². The zero-order valence-corrected chi connectivity index (χ0v) is 18.2. The molecule has 172 valence electrons. The molecule has 5 N–H and O–H groups in total. The fourth-order valence-corrected chi connectivity index (χ4v) is 5.47. The van der Waals surface area contributed by atoms with Gasteiger partial charge >= 0.3 is 0 Å². The summed E-state index contributed by atoms with van der Waals surface area (Å²) >= 11 is 0. The molecular formula is C23H28N8O2. The number of nitrogens with zero attached hydrogens (tertiary/aromatic N) is 4. The number of carbonyl (C=O) groups is 1. The Balaban J connectivity index is 1.21. The van der Waals surface area contributed by atoms with E-state index in [1.807, 2.05) is 12.1 Å². The molecule has 0 spiro atoms. The first kappa shape index (κ1) is 20.2. The van der Waals surface area contributed by atoms with Crippen LogP contribution in [-0.2, 0) is 9.53 Å². The zero-order valence-electron chi connectivity index (χ0n) is 18.2. The summed E-state index contributed by atoms with van der Waals surface area (Å²) in [6, 6.07) is 7.95. The maximum Gasteiger partial charge on any atom is 0.223 e. The number of nitrogens with one attached hydrogen (secondary N) is 3. The fourth-order valence-electron chi connectivity index (χ4n) is 5.47. The van der Waals surface area contributed by atoms with Gasteiger partial charge in [0.25, 0.3) is 0 Å². The lowest BCUT2D eigenvalue weighted by atomic mass is 9.88. The van der Waals surface area contributed by atoms with Gasteiger partial charge in [0.05, 0.1) is 31.5 Å². The second-order valence-electron chi connectivity index (χ2n) is 9.09. The standard InChI is InChI=1S/C23H28N8O2/c24-20(32)17-13-1-2-14(11-13)18(17)28-22-19-21(26-12-25-19)29-23(30-22)27-15-3-5-16(6-4-15)31-7-9-33-10-8-31/h1-6,12-14,17-19,21H,7-11H2,(H2,24,32)(H,25,26)(H2,27,28,29,30). The Kier molecular flexibility index (Phi) is 5.01. The highest BCUT2D eigenvalue weighted by molar-refractivity contribution is 6.10. The Labute approximate surface area is 192 Å². The Morgan fingerprint density at radius 1 is 1.18 bits per heavy atom. The molecule has 1 aromatic rings. The molecule has 1 saturated heterocycles. The number of morpholine rings is 1. The predicted molar refractivity (Wildman–Crippen MR) is 128 cm³/mol. The highest BCUT2D eigenvalue weighted by atomic mass is 16.5. The van der Waals surface area contributed by atoms with Crippen LogP contribution in [0.15, 0.2) is 51.4 Å². The van der Waals surface area contributed by atoms with Crippen molar-refractivity contribution in [2.75, 3.05) is 36.5 Å². The normalized spacial score (nSPS) is 35.2. The third-order valence-corrected chi connectivity index (χ3v) is 7.12. The number of ether oxygens (including phenoxy) is 1. The minimum atomic E-state index is -0.304. The van der Waals surface area contributed by atoms with Crippen molar-refractivity contribution in [3.05, 3.63) is 36.4 Å². The molecule has 5 aliphatic rings. The molecule has 0 radical (unpaired) electrons. The number of anilines is 2. The van der Waals surface area contributed by atoms with Gasteiger partial charge in [-0.15, -0.1) is 0 Å². The van der Waals surface area contributed by atoms with Crippen LogP contribution in [0.3, 0.4) is 0 Å². The van der Waals surface area contributed by atoms with E-state index in [2.05, 4.69) is 50.1 Å². The van der Waals surface area contributed by atoms with Crippen LogP contribution in [-0.4, -0.2) is 68.6 Å². The lowest BCUT2D eigenvalue weighted by Gasteiger charge is -2.30. The number of aliphatic imine (C=N–C) groups is 3. The third-order valence-electron chi connectivity index (χ3n) is 7.12. The van der Waals surface area contributed by atoms with Crippen molar-refractivity contribution in [1.29, 1.82) is 0 Å². The van der Waals surface area contributed by atoms with Crippen LogP contribution in [0.4, 0.5) is 11.4 Å². The number of guanidine groups is 1. The molecule has 10 nitrogen and oxygen atoms in total. The fraction of sp³-hybridized carbons (Fsp3) is 0.478. The Bertz CT molecular complexity index is 1040. The molecule has 0 aromatic heterocycles. The number of nitrogens with two attached hydrogens (primary N) is 1. The van der Waals surface area contributed by atoms with Crippen LogP contribution in [0, 0.1) is 17.8 Å². The maximum absolute atomic E-state index is 12.1. The number of hydrogen-bond donors (Lipinski definition) is 4. The smallest absolute Gasteiger partial charge is 0.223 e. The predicted octanol–water partition coefficient (Wildman–Crippen LogP) is 0.295. The number of primary amides is 1. The van der Waals surface area contributed by atoms with Gasteiger partial charge in [-0.2, -0.15) is 0 Å². The van der Waals surface area contributed by atoms with Gasteiger partial charge in [-0.05, 0) is 36.6 Å². The minimum absolute atomic E-state index is 0.157. The summed E-state index contributed by atoms with van der Waals surface area (Å²) in [6.07, 6.45) is 6.58. The van der Waals surface area contributed by atoms with E-state index < -0.39 is 0 Å². The van der Waals surface area contributed by atoms with Crippen LogP contribution in [0.5, 0.6) is 0 Å². The van der Waals surface area contributed by atoms with Crippen molar-refractivity contribution in [2.24, 2.45) is 38.5 Å². The van der Waals surface area contributed by atoms with Gasteiger partial charge in [0.15, 0.2) is 6.17 Å². The van der Waals surface area contributed by atoms with Crippen molar-refractivity contribution in [3.63, 3.8) is 0 Å². The monoisotopic (exact) mass is 448 g/mol. The average molecular weight is 449 g/mol. The summed E-state index contributed by atoms with van der Waals surface area (Å²) in [7, 11) is 0. The van der Waals surface area contributed by atoms with Gasteiger partial charge in [0.1, 0.15) is 11.9 Å². The SMILES string of the molecule is NC(=O)C1C2C=CC(C2)C1N=C1NC(Nc2ccc(N3CCOCC3)cc2)=NC2N=CNC12. The molecule has 3 aliphatic heterocycles. The topological polar surface area (TPSA) is 129 Å². The van der Waals surface area contributed by atoms with E-state index in [4.69, 9.17) is 20.5 Å². The third kappa shape index (κ3) is 3.74. The number of allylic oxidation sites excluding steroid dienone is 1. The number of fused-ring (bicyclic) bond motifs is 3. The molecule has 1 aromatic carbocycles. The summed E-state index contributed by atoms with van der Waals surface area (Å²) in [5.74, 6) is 1.20. The van der Waals surface area contributed by atoms with Crippen molar-refractivity contribution in [3.8, 4) is 0 Å². The average Bonchev–Trinajstić information content (AvgIpc) is 3.56. The molecule has 1 saturated carbocycles. The molecule has 33 heavy (non-hydrogen) atoms. The van der Waals surface area contributed by atoms with Crippen LogP contribution < -0.4 is 26.6 Å². The first-order valence-corrected chi connectivity index (χ1v) is 11.5. The Morgan fingerprint density at radius 3 is 2.76 bits per heavy atom. The number of amides is 1. The van der Waals surface area contributed by atoms with E-state index in [0.717, 1.165) is 44.2 Å². The first-order valence-electron chi connectivity index (χ1n) is 11.5. The maximum atomic E-state index is 12.1. The largest absolute Gasteiger partial charge is 0.378 e. The van der Waals surface area contributed by atoms with Gasteiger partial charge in [-0.25, -0.2) is 9.98 Å². The van der Waals surface area contributed by atoms with E-state index in [9.17, 15) is 4.79 Å². The minimum Gasteiger partial charge on any atom is -0.378 e. The molecule has 10 heteroatoms. The van der Waals surface area contributed by atoms with Gasteiger partial charge < -0.3 is 31.3 Å². The molecule has 2 bridgehead atoms. The van der Waals surface area contributed by atoms with E-state index in [0.29, 0.717) is 5.96 Å². The van der Waals surface area contributed by atoms with Crippen molar-refractivity contribution >= 4 is 35.4 Å². The molecule has 2 aliphatic carbocycles. The second kappa shape index (κ2) is 8.18. The molecule has 6 unspecified atom stereocenters.